The Hall–Kier alpha value is -1.69. The van der Waals surface area contributed by atoms with E-state index in [1.807, 2.05) is 0 Å². The molecule has 17 heavy (non-hydrogen) atoms. The first-order valence-corrected chi connectivity index (χ1v) is 5.62. The lowest BCUT2D eigenvalue weighted by Gasteiger charge is -2.26. The van der Waals surface area contributed by atoms with Gasteiger partial charge in [0.1, 0.15) is 5.56 Å². The average Bonchev–Trinajstić information content (AvgIpc) is 2.35. The van der Waals surface area contributed by atoms with Crippen LogP contribution in [0.3, 0.4) is 0 Å². The third kappa shape index (κ3) is 2.21. The van der Waals surface area contributed by atoms with Crippen LogP contribution in [0.2, 0.25) is 0 Å². The Morgan fingerprint density at radius 2 is 2.18 bits per heavy atom. The van der Waals surface area contributed by atoms with Crippen molar-refractivity contribution in [3.63, 3.8) is 0 Å². The summed E-state index contributed by atoms with van der Waals surface area (Å²) in [7, 11) is 0. The van der Waals surface area contributed by atoms with Crippen molar-refractivity contribution in [2.75, 3.05) is 13.2 Å². The summed E-state index contributed by atoms with van der Waals surface area (Å²) in [6.45, 7) is 4.51. The first kappa shape index (κ1) is 11.8. The molecular weight excluding hydrogens is 222 g/mol. The number of aryl methyl sites for hydroxylation is 1. The predicted octanol–water partition coefficient (Wildman–Crippen LogP) is 0.554. The van der Waals surface area contributed by atoms with Gasteiger partial charge in [-0.2, -0.15) is 5.10 Å². The molecule has 1 aliphatic rings. The minimum absolute atomic E-state index is 0.124. The number of rotatable bonds is 1. The van der Waals surface area contributed by atoms with Crippen LogP contribution >= 0.6 is 0 Å². The van der Waals surface area contributed by atoms with Crippen LogP contribution in [0.5, 0.6) is 0 Å². The van der Waals surface area contributed by atoms with Gasteiger partial charge < -0.3 is 0 Å². The second-order valence-corrected chi connectivity index (χ2v) is 4.09. The summed E-state index contributed by atoms with van der Waals surface area (Å²) in [5.41, 5.74) is 0.907. The number of aromatic amines is 1. The maximum atomic E-state index is 12.1. The summed E-state index contributed by atoms with van der Waals surface area (Å²) < 4.78 is 0. The van der Waals surface area contributed by atoms with Gasteiger partial charge in [-0.25, -0.2) is 10.2 Å². The molecule has 0 bridgehead atoms. The molecule has 0 atom stereocenters. The molecule has 1 aliphatic heterocycles. The summed E-state index contributed by atoms with van der Waals surface area (Å²) in [6.07, 6.45) is 1.83. The van der Waals surface area contributed by atoms with E-state index in [9.17, 15) is 9.59 Å². The van der Waals surface area contributed by atoms with Crippen LogP contribution in [-0.4, -0.2) is 34.3 Å². The molecule has 1 saturated heterocycles. The molecule has 6 heteroatoms. The van der Waals surface area contributed by atoms with Gasteiger partial charge in [-0.15, -0.1) is 0 Å². The molecule has 0 saturated carbocycles. The van der Waals surface area contributed by atoms with Gasteiger partial charge in [-0.05, 0) is 32.3 Å². The monoisotopic (exact) mass is 237 g/mol. The fourth-order valence-electron chi connectivity index (χ4n) is 1.76. The molecule has 0 unspecified atom stereocenters. The maximum Gasteiger partial charge on any atom is 0.283 e. The van der Waals surface area contributed by atoms with Crippen molar-refractivity contribution in [3.05, 3.63) is 27.2 Å². The summed E-state index contributed by atoms with van der Waals surface area (Å²) in [6, 6.07) is 0. The number of carbonyl (C=O) groups is 1. The third-order valence-electron chi connectivity index (χ3n) is 2.91. The fraction of sp³-hybridized carbons (Fsp3) is 0.545. The van der Waals surface area contributed by atoms with Gasteiger partial charge in [-0.1, -0.05) is 0 Å². The van der Waals surface area contributed by atoms with E-state index in [0.717, 1.165) is 12.8 Å². The number of hydrogen-bond donors (Lipinski definition) is 1. The lowest BCUT2D eigenvalue weighted by atomic mass is 10.1. The van der Waals surface area contributed by atoms with Crippen molar-refractivity contribution in [3.8, 4) is 0 Å². The molecule has 1 aromatic heterocycles. The molecule has 92 valence electrons. The first-order chi connectivity index (χ1) is 8.11. The van der Waals surface area contributed by atoms with E-state index in [1.165, 1.54) is 5.06 Å². The average molecular weight is 237 g/mol. The van der Waals surface area contributed by atoms with Crippen LogP contribution in [0.1, 0.15) is 34.5 Å². The van der Waals surface area contributed by atoms with Crippen LogP contribution < -0.4 is 5.56 Å². The molecule has 2 heterocycles. The Bertz CT molecular complexity index is 489. The van der Waals surface area contributed by atoms with Crippen LogP contribution in [0.4, 0.5) is 0 Å². The highest BCUT2D eigenvalue weighted by atomic mass is 16.7. The molecular formula is C11H15N3O3. The van der Waals surface area contributed by atoms with Gasteiger partial charge in [0.25, 0.3) is 11.5 Å². The van der Waals surface area contributed by atoms with E-state index < -0.39 is 5.56 Å². The maximum absolute atomic E-state index is 12.1. The van der Waals surface area contributed by atoms with E-state index in [0.29, 0.717) is 24.4 Å². The van der Waals surface area contributed by atoms with Crippen LogP contribution in [0.25, 0.3) is 0 Å². The highest BCUT2D eigenvalue weighted by Gasteiger charge is 2.24. The van der Waals surface area contributed by atoms with E-state index in [4.69, 9.17) is 4.84 Å². The number of H-pyrrole nitrogens is 1. The number of nitrogens with one attached hydrogen (secondary N) is 1. The lowest BCUT2D eigenvalue weighted by molar-refractivity contribution is -0.144. The zero-order chi connectivity index (χ0) is 12.4. The van der Waals surface area contributed by atoms with Gasteiger partial charge >= 0.3 is 0 Å². The molecule has 0 spiro atoms. The number of hydroxylamine groups is 2. The third-order valence-corrected chi connectivity index (χ3v) is 2.91. The van der Waals surface area contributed by atoms with E-state index in [2.05, 4.69) is 10.2 Å². The molecule has 0 aromatic carbocycles. The summed E-state index contributed by atoms with van der Waals surface area (Å²) >= 11 is 0. The van der Waals surface area contributed by atoms with Gasteiger partial charge in [-0.3, -0.25) is 14.4 Å². The number of aromatic nitrogens is 2. The number of amides is 1. The van der Waals surface area contributed by atoms with Crippen LogP contribution in [-0.2, 0) is 4.84 Å². The van der Waals surface area contributed by atoms with E-state index in [-0.39, 0.29) is 11.5 Å². The van der Waals surface area contributed by atoms with Crippen molar-refractivity contribution in [2.24, 2.45) is 0 Å². The summed E-state index contributed by atoms with van der Waals surface area (Å²) in [5.74, 6) is -0.381. The zero-order valence-corrected chi connectivity index (χ0v) is 9.95. The van der Waals surface area contributed by atoms with E-state index in [1.54, 1.807) is 13.8 Å². The molecule has 0 radical (unpaired) electrons. The standard InChI is InChI=1S/C11H15N3O3/c1-7-8(2)12-13-10(15)9(7)11(16)14-5-3-4-6-17-14/h3-6H2,1-2H3,(H,13,15). The SMILES string of the molecule is Cc1n[nH]c(=O)c(C(=O)N2CCCCO2)c1C. The van der Waals surface area contributed by atoms with Gasteiger partial charge in [0, 0.05) is 6.54 Å². The Morgan fingerprint density at radius 1 is 1.41 bits per heavy atom. The van der Waals surface area contributed by atoms with Crippen molar-refractivity contribution >= 4 is 5.91 Å². The van der Waals surface area contributed by atoms with Gasteiger partial charge in [0.2, 0.25) is 0 Å². The summed E-state index contributed by atoms with van der Waals surface area (Å²) in [5, 5.41) is 7.40. The summed E-state index contributed by atoms with van der Waals surface area (Å²) in [4.78, 5) is 29.1. The smallest absolute Gasteiger partial charge is 0.271 e. The number of nitrogens with zero attached hydrogens (tertiary/aromatic N) is 2. The van der Waals surface area contributed by atoms with Crippen LogP contribution in [0.15, 0.2) is 4.79 Å². The van der Waals surface area contributed by atoms with Crippen molar-refractivity contribution in [2.45, 2.75) is 26.7 Å². The Morgan fingerprint density at radius 3 is 2.82 bits per heavy atom. The number of carbonyl (C=O) groups excluding carboxylic acids is 1. The second kappa shape index (κ2) is 4.67. The molecule has 1 N–H and O–H groups in total. The Labute approximate surface area is 98.5 Å². The predicted molar refractivity (Wildman–Crippen MR) is 60.6 cm³/mol. The molecule has 6 nitrogen and oxygen atoms in total. The highest BCUT2D eigenvalue weighted by molar-refractivity contribution is 5.94. The lowest BCUT2D eigenvalue weighted by Crippen LogP contribution is -2.39. The molecule has 0 aliphatic carbocycles. The molecule has 1 aromatic rings. The first-order valence-electron chi connectivity index (χ1n) is 5.62. The van der Waals surface area contributed by atoms with Crippen molar-refractivity contribution < 1.29 is 9.63 Å². The second-order valence-electron chi connectivity index (χ2n) is 4.09. The normalized spacial score (nSPS) is 16.0. The quantitative estimate of drug-likeness (QED) is 0.774. The Balaban J connectivity index is 2.36. The topological polar surface area (TPSA) is 75.3 Å². The minimum Gasteiger partial charge on any atom is -0.271 e. The van der Waals surface area contributed by atoms with Crippen molar-refractivity contribution in [1.82, 2.24) is 15.3 Å². The number of hydrogen-bond acceptors (Lipinski definition) is 4. The Kier molecular flexibility index (Phi) is 3.23. The zero-order valence-electron chi connectivity index (χ0n) is 9.95. The van der Waals surface area contributed by atoms with Crippen molar-refractivity contribution in [1.29, 1.82) is 0 Å². The molecule has 2 rings (SSSR count). The minimum atomic E-state index is -0.465. The highest BCUT2D eigenvalue weighted by Crippen LogP contribution is 2.12. The molecule has 1 fully saturated rings. The molecule has 1 amide bonds. The van der Waals surface area contributed by atoms with Crippen LogP contribution in [0, 0.1) is 13.8 Å². The van der Waals surface area contributed by atoms with Gasteiger partial charge in [0.05, 0.1) is 12.3 Å². The fourth-order valence-corrected chi connectivity index (χ4v) is 1.76. The van der Waals surface area contributed by atoms with Gasteiger partial charge in [0.15, 0.2) is 0 Å². The van der Waals surface area contributed by atoms with E-state index >= 15 is 0 Å². The largest absolute Gasteiger partial charge is 0.283 e.